The molecule has 3 aliphatic carbocycles. The van der Waals surface area contributed by atoms with Crippen molar-refractivity contribution in [3.05, 3.63) is 12.2 Å². The Balaban J connectivity index is 1.05. The topological polar surface area (TPSA) is 363 Å². The maximum Gasteiger partial charge on any atom is 0.330 e. The van der Waals surface area contributed by atoms with Gasteiger partial charge in [0.1, 0.15) is 73.8 Å². The van der Waals surface area contributed by atoms with Gasteiger partial charge in [-0.1, -0.05) is 6.08 Å². The summed E-state index contributed by atoms with van der Waals surface area (Å²) >= 11 is 0. The van der Waals surface area contributed by atoms with Crippen LogP contribution in [0.3, 0.4) is 0 Å². The number of carbonyl (C=O) groups excluding carboxylic acids is 1. The Kier molecular flexibility index (Phi) is 17.7. The minimum absolute atomic E-state index is 0.0653. The predicted molar refractivity (Wildman–Crippen MR) is 212 cm³/mol. The van der Waals surface area contributed by atoms with Crippen molar-refractivity contribution in [2.45, 2.75) is 199 Å². The number of methoxy groups -OCH3 is 1. The summed E-state index contributed by atoms with van der Waals surface area (Å²) < 4.78 is 52.8. The van der Waals surface area contributed by atoms with E-state index in [1.807, 2.05) is 0 Å². The molecule has 0 aromatic rings. The smallest absolute Gasteiger partial charge is 0.330 e. The summed E-state index contributed by atoms with van der Waals surface area (Å²) in [5.74, 6) is -1.80. The lowest BCUT2D eigenvalue weighted by atomic mass is 9.72. The molecule has 4 heterocycles. The van der Waals surface area contributed by atoms with Crippen LogP contribution in [0.1, 0.15) is 57.8 Å². The minimum Gasteiger partial charge on any atom is -0.460 e. The molecule has 0 spiro atoms. The maximum absolute atomic E-state index is 12.6. The van der Waals surface area contributed by atoms with E-state index in [1.54, 1.807) is 6.08 Å². The van der Waals surface area contributed by atoms with Gasteiger partial charge in [0.25, 0.3) is 0 Å². The van der Waals surface area contributed by atoms with Crippen molar-refractivity contribution in [3.8, 4) is 0 Å². The number of fused-ring (bicyclic) bond motifs is 1. The SMILES string of the molecule is COC1CC(C=CC(=O)OC[C@H]2O[C@@H](OC[C@@H]3O[C@H](OC4CC5C(O)CC(O)CC5OC4C4CCC(O)C(O)C4)[C@@H](O[C@@H]4OC[C@@H](O)[C@H](O)[C@H]4O)[C@H](O)[C@@H]3O)[C@H](O)[C@@H](O)[C@@H]2O)CCC1O. The molecule has 0 bridgehead atoms. The lowest BCUT2D eigenvalue weighted by Crippen LogP contribution is -2.65. The molecule has 374 valence electrons. The molecular weight excluding hydrogens is 872 g/mol. The van der Waals surface area contributed by atoms with Crippen LogP contribution in [0.4, 0.5) is 0 Å². The molecule has 0 aromatic heterocycles. The van der Waals surface area contributed by atoms with Crippen molar-refractivity contribution in [2.24, 2.45) is 17.8 Å². The van der Waals surface area contributed by atoms with Crippen LogP contribution >= 0.6 is 0 Å². The van der Waals surface area contributed by atoms with Crippen molar-refractivity contribution < 1.29 is 114 Å². The Morgan fingerprint density at radius 2 is 1.28 bits per heavy atom. The van der Waals surface area contributed by atoms with Crippen LogP contribution in [0.2, 0.25) is 0 Å². The number of rotatable bonds is 13. The largest absolute Gasteiger partial charge is 0.460 e. The van der Waals surface area contributed by atoms with Gasteiger partial charge in [-0.05, 0) is 69.6 Å². The maximum atomic E-state index is 12.6. The number of hydrogen-bond donors (Lipinski definition) is 13. The molecule has 7 rings (SSSR count). The highest BCUT2D eigenvalue weighted by Crippen LogP contribution is 2.44. The second kappa shape index (κ2) is 22.4. The van der Waals surface area contributed by atoms with Crippen LogP contribution in [0.15, 0.2) is 12.2 Å². The summed E-state index contributed by atoms with van der Waals surface area (Å²) in [5.41, 5.74) is 0. The summed E-state index contributed by atoms with van der Waals surface area (Å²) in [6, 6.07) is 0. The van der Waals surface area contributed by atoms with Gasteiger partial charge in [-0.3, -0.25) is 0 Å². The van der Waals surface area contributed by atoms with Crippen molar-refractivity contribution in [1.82, 2.24) is 0 Å². The van der Waals surface area contributed by atoms with Crippen molar-refractivity contribution in [3.63, 3.8) is 0 Å². The lowest BCUT2D eigenvalue weighted by Gasteiger charge is -2.51. The molecule has 65 heavy (non-hydrogen) atoms. The van der Waals surface area contributed by atoms with E-state index >= 15 is 0 Å². The first-order valence-corrected chi connectivity index (χ1v) is 22.7. The fraction of sp³-hybridized carbons (Fsp3) is 0.929. The van der Waals surface area contributed by atoms with Gasteiger partial charge in [0.2, 0.25) is 0 Å². The molecule has 23 heteroatoms. The monoisotopic (exact) mass is 940 g/mol. The number of hydrogen-bond acceptors (Lipinski definition) is 23. The quantitative estimate of drug-likeness (QED) is 0.0605. The van der Waals surface area contributed by atoms with Gasteiger partial charge in [-0.15, -0.1) is 0 Å². The van der Waals surface area contributed by atoms with Gasteiger partial charge in [-0.25, -0.2) is 4.79 Å². The third-order valence-electron chi connectivity index (χ3n) is 14.3. The fourth-order valence-corrected chi connectivity index (χ4v) is 10.3. The number of esters is 1. The zero-order valence-electron chi connectivity index (χ0n) is 36.0. The van der Waals surface area contributed by atoms with E-state index in [0.717, 1.165) is 0 Å². The van der Waals surface area contributed by atoms with E-state index < -0.39 is 172 Å². The molecule has 7 fully saturated rings. The summed E-state index contributed by atoms with van der Waals surface area (Å²) in [6.45, 7) is -1.72. The van der Waals surface area contributed by atoms with Crippen molar-refractivity contribution in [2.75, 3.05) is 26.9 Å². The van der Waals surface area contributed by atoms with Crippen LogP contribution < -0.4 is 0 Å². The van der Waals surface area contributed by atoms with Gasteiger partial charge >= 0.3 is 5.97 Å². The Morgan fingerprint density at radius 3 is 2.02 bits per heavy atom. The summed E-state index contributed by atoms with van der Waals surface area (Å²) in [7, 11) is 1.49. The molecule has 0 radical (unpaired) electrons. The highest BCUT2D eigenvalue weighted by molar-refractivity contribution is 5.81. The molecule has 4 aliphatic heterocycles. The molecule has 7 aliphatic rings. The Hall–Kier alpha value is -1.63. The van der Waals surface area contributed by atoms with E-state index in [0.29, 0.717) is 25.7 Å². The highest BCUT2D eigenvalue weighted by Gasteiger charge is 2.55. The van der Waals surface area contributed by atoms with Gasteiger partial charge < -0.3 is 109 Å². The van der Waals surface area contributed by atoms with Gasteiger partial charge in [0.05, 0.1) is 68.1 Å². The third-order valence-corrected chi connectivity index (χ3v) is 14.3. The zero-order chi connectivity index (χ0) is 46.9. The van der Waals surface area contributed by atoms with Crippen LogP contribution in [0, 0.1) is 17.8 Å². The Labute approximate surface area is 374 Å². The highest BCUT2D eigenvalue weighted by atomic mass is 16.8. The van der Waals surface area contributed by atoms with E-state index in [4.69, 9.17) is 42.6 Å². The lowest BCUT2D eigenvalue weighted by molar-refractivity contribution is -0.376. The van der Waals surface area contributed by atoms with Crippen LogP contribution in [-0.4, -0.2) is 240 Å². The van der Waals surface area contributed by atoms with Gasteiger partial charge in [0.15, 0.2) is 18.9 Å². The summed E-state index contributed by atoms with van der Waals surface area (Å²) in [6.07, 6.45) is -25.6. The number of allylic oxidation sites excluding steroid dienone is 1. The number of aliphatic hydroxyl groups excluding tert-OH is 13. The van der Waals surface area contributed by atoms with Crippen LogP contribution in [0.5, 0.6) is 0 Å². The van der Waals surface area contributed by atoms with Crippen molar-refractivity contribution in [1.29, 1.82) is 0 Å². The molecule has 0 amide bonds. The van der Waals surface area contributed by atoms with E-state index in [2.05, 4.69) is 0 Å². The predicted octanol–water partition coefficient (Wildman–Crippen LogP) is -5.45. The Morgan fingerprint density at radius 1 is 0.585 bits per heavy atom. The normalized spacial score (nSPS) is 51.0. The Bertz CT molecular complexity index is 1540. The van der Waals surface area contributed by atoms with E-state index in [-0.39, 0.29) is 44.1 Å². The first kappa shape index (κ1) is 51.2. The van der Waals surface area contributed by atoms with Crippen molar-refractivity contribution >= 4 is 5.97 Å². The van der Waals surface area contributed by atoms with E-state index in [9.17, 15) is 71.2 Å². The standard InChI is InChI=1S/C42H68O23/c1-57-26-8-16(2-5-21(26)45)3-7-30(49)58-14-28-32(51)34(53)37(56)40(63-28)60-15-29-33(52)35(54)39(65-41-36(55)31(50)24(48)13-59-41)42(64-29)62-27-12-19-22(46)10-18(43)11-25(19)61-38(27)17-4-6-20(44)23(47)9-17/h3,7,16-29,31-48,50-56H,2,4-6,8-15H2,1H3/t16?,17?,18?,19?,20?,21?,22?,23?,24-,25?,26?,27?,28-,29+,31+,32-,33-,34+,35-,36-,37-,38?,39+,40-,41+,42+/m1/s1. The van der Waals surface area contributed by atoms with Crippen LogP contribution in [-0.2, 0) is 47.4 Å². The molecule has 4 saturated heterocycles. The molecule has 3 saturated carbocycles. The minimum atomic E-state index is -1.91. The average Bonchev–Trinajstić information content (AvgIpc) is 3.28. The van der Waals surface area contributed by atoms with E-state index in [1.165, 1.54) is 13.2 Å². The molecular formula is C42H68O23. The summed E-state index contributed by atoms with van der Waals surface area (Å²) in [4.78, 5) is 12.6. The average molecular weight is 941 g/mol. The third kappa shape index (κ3) is 11.9. The van der Waals surface area contributed by atoms with Gasteiger partial charge in [-0.2, -0.15) is 0 Å². The van der Waals surface area contributed by atoms with Crippen LogP contribution in [0.25, 0.3) is 0 Å². The fourth-order valence-electron chi connectivity index (χ4n) is 10.3. The zero-order valence-corrected chi connectivity index (χ0v) is 36.0. The molecule has 26 atom stereocenters. The molecule has 13 N–H and O–H groups in total. The molecule has 0 aromatic carbocycles. The second-order valence-corrected chi connectivity index (χ2v) is 18.7. The molecule has 23 nitrogen and oxygen atoms in total. The summed E-state index contributed by atoms with van der Waals surface area (Å²) in [5, 5.41) is 139. The number of aliphatic hydroxyl groups is 13. The second-order valence-electron chi connectivity index (χ2n) is 18.7. The number of carbonyl (C=O) groups is 1. The first-order chi connectivity index (χ1) is 30.9. The first-order valence-electron chi connectivity index (χ1n) is 22.7. The van der Waals surface area contributed by atoms with Gasteiger partial charge in [0, 0.05) is 19.1 Å². The number of ether oxygens (including phenoxy) is 9. The molecule has 12 unspecified atom stereocenters.